The van der Waals surface area contributed by atoms with E-state index in [4.69, 9.17) is 29.4 Å². The van der Waals surface area contributed by atoms with Gasteiger partial charge in [0.25, 0.3) is 0 Å². The van der Waals surface area contributed by atoms with Gasteiger partial charge >= 0.3 is 19.8 Å². The Labute approximate surface area is 324 Å². The molecule has 3 unspecified atom stereocenters. The van der Waals surface area contributed by atoms with Crippen molar-refractivity contribution >= 4 is 19.8 Å². The fourth-order valence-electron chi connectivity index (χ4n) is 5.81. The van der Waals surface area contributed by atoms with E-state index in [2.05, 4.69) is 38.2 Å². The van der Waals surface area contributed by atoms with Crippen molar-refractivity contribution in [1.29, 1.82) is 0 Å². The summed E-state index contributed by atoms with van der Waals surface area (Å²) in [6.45, 7) is 3.83. The van der Waals surface area contributed by atoms with Crippen LogP contribution in [0, 0.1) is 0 Å². The number of nitrogens with two attached hydrogens (primary N) is 1. The summed E-state index contributed by atoms with van der Waals surface area (Å²) in [4.78, 5) is 33.4. The van der Waals surface area contributed by atoms with Crippen molar-refractivity contribution in [3.8, 4) is 0 Å². The fraction of sp³-hybridized carbons (Fsp3) is 0.857. The van der Waals surface area contributed by atoms with E-state index in [1.165, 1.54) is 109 Å². The zero-order valence-corrected chi connectivity index (χ0v) is 34.8. The van der Waals surface area contributed by atoms with E-state index in [0.29, 0.717) is 13.0 Å². The Kier molecular flexibility index (Phi) is 37.6. The Hall–Kier alpha value is -1.55. The van der Waals surface area contributed by atoms with E-state index in [-0.39, 0.29) is 13.0 Å². The molecule has 0 aromatic heterocycles. The largest absolute Gasteiger partial charge is 0.480 e. The van der Waals surface area contributed by atoms with Crippen LogP contribution in [0.15, 0.2) is 24.3 Å². The highest BCUT2D eigenvalue weighted by molar-refractivity contribution is 7.47. The molecule has 0 aliphatic carbocycles. The van der Waals surface area contributed by atoms with Gasteiger partial charge in [-0.2, -0.15) is 0 Å². The number of aliphatic carboxylic acids is 1. The molecule has 0 fully saturated rings. The van der Waals surface area contributed by atoms with Crippen molar-refractivity contribution in [2.45, 2.75) is 206 Å². The number of unbranched alkanes of at least 4 members (excludes halogenated alkanes) is 23. The highest BCUT2D eigenvalue weighted by atomic mass is 31.2. The third-order valence-corrected chi connectivity index (χ3v) is 10.2. The first kappa shape index (κ1) is 51.5. The van der Waals surface area contributed by atoms with Crippen LogP contribution in [-0.4, -0.2) is 60.5 Å². The van der Waals surface area contributed by atoms with Crippen molar-refractivity contribution in [2.75, 3.05) is 26.4 Å². The quantitative estimate of drug-likeness (QED) is 0.0237. The molecule has 0 aromatic carbocycles. The maximum Gasteiger partial charge on any atom is 0.472 e. The number of esters is 1. The number of allylic oxidation sites excluding steroid dienone is 4. The van der Waals surface area contributed by atoms with E-state index in [1.807, 2.05) is 0 Å². The molecule has 0 rings (SSSR count). The lowest BCUT2D eigenvalue weighted by molar-refractivity contribution is -0.154. The molecule has 4 N–H and O–H groups in total. The third-order valence-electron chi connectivity index (χ3n) is 9.20. The summed E-state index contributed by atoms with van der Waals surface area (Å²) in [5, 5.41) is 8.88. The number of carbonyl (C=O) groups excluding carboxylic acids is 1. The average molecular weight is 774 g/mol. The molecule has 0 saturated heterocycles. The predicted molar refractivity (Wildman–Crippen MR) is 217 cm³/mol. The van der Waals surface area contributed by atoms with E-state index < -0.39 is 45.1 Å². The number of hydrogen-bond donors (Lipinski definition) is 3. The van der Waals surface area contributed by atoms with Crippen LogP contribution in [0.3, 0.4) is 0 Å². The maximum absolute atomic E-state index is 12.6. The van der Waals surface area contributed by atoms with Crippen LogP contribution in [0.5, 0.6) is 0 Å². The van der Waals surface area contributed by atoms with Crippen molar-refractivity contribution < 1.29 is 42.7 Å². The molecule has 0 bridgehead atoms. The molecular weight excluding hydrogens is 693 g/mol. The molecule has 3 atom stereocenters. The molecule has 10 nitrogen and oxygen atoms in total. The van der Waals surface area contributed by atoms with Gasteiger partial charge in [-0.1, -0.05) is 154 Å². The lowest BCUT2D eigenvalue weighted by Gasteiger charge is -2.20. The Morgan fingerprint density at radius 1 is 0.585 bits per heavy atom. The number of carboxylic acid groups (broad SMARTS) is 1. The summed E-state index contributed by atoms with van der Waals surface area (Å²) in [5.74, 6) is -1.79. The molecule has 11 heteroatoms. The average Bonchev–Trinajstić information content (AvgIpc) is 3.13. The van der Waals surface area contributed by atoms with Gasteiger partial charge < -0.3 is 25.2 Å². The summed E-state index contributed by atoms with van der Waals surface area (Å²) in [6.07, 6.45) is 40.9. The highest BCUT2D eigenvalue weighted by Crippen LogP contribution is 2.43. The molecule has 0 saturated carbocycles. The van der Waals surface area contributed by atoms with E-state index in [1.54, 1.807) is 0 Å². The summed E-state index contributed by atoms with van der Waals surface area (Å²) >= 11 is 0. The Balaban J connectivity index is 4.16. The maximum atomic E-state index is 12.6. The molecule has 0 aromatic rings. The van der Waals surface area contributed by atoms with E-state index in [9.17, 15) is 19.0 Å². The van der Waals surface area contributed by atoms with Crippen LogP contribution in [0.4, 0.5) is 0 Å². The van der Waals surface area contributed by atoms with Crippen molar-refractivity contribution in [3.05, 3.63) is 24.3 Å². The van der Waals surface area contributed by atoms with Gasteiger partial charge in [-0.3, -0.25) is 18.6 Å². The van der Waals surface area contributed by atoms with Gasteiger partial charge in [0.15, 0.2) is 0 Å². The van der Waals surface area contributed by atoms with Gasteiger partial charge in [0.05, 0.1) is 19.8 Å². The second-order valence-corrected chi connectivity index (χ2v) is 15.9. The van der Waals surface area contributed by atoms with Crippen molar-refractivity contribution in [2.24, 2.45) is 5.73 Å². The Morgan fingerprint density at radius 2 is 1.00 bits per heavy atom. The molecule has 0 aliphatic rings. The number of rotatable bonds is 41. The first-order chi connectivity index (χ1) is 25.7. The molecule has 0 radical (unpaired) electrons. The van der Waals surface area contributed by atoms with Crippen LogP contribution in [0.1, 0.15) is 194 Å². The van der Waals surface area contributed by atoms with E-state index in [0.717, 1.165) is 57.8 Å². The van der Waals surface area contributed by atoms with E-state index >= 15 is 0 Å². The minimum atomic E-state index is -4.61. The van der Waals surface area contributed by atoms with Gasteiger partial charge in [0.2, 0.25) is 0 Å². The molecule has 312 valence electrons. The number of ether oxygens (including phenoxy) is 2. The van der Waals surface area contributed by atoms with Crippen LogP contribution >= 0.6 is 7.82 Å². The zero-order chi connectivity index (χ0) is 39.1. The van der Waals surface area contributed by atoms with Gasteiger partial charge in [0.1, 0.15) is 12.1 Å². The molecule has 0 heterocycles. The van der Waals surface area contributed by atoms with Gasteiger partial charge in [-0.25, -0.2) is 4.57 Å². The smallest absolute Gasteiger partial charge is 0.472 e. The molecule has 53 heavy (non-hydrogen) atoms. The summed E-state index contributed by atoms with van der Waals surface area (Å²) in [7, 11) is -4.61. The first-order valence-electron chi connectivity index (χ1n) is 21.4. The van der Waals surface area contributed by atoms with Gasteiger partial charge in [-0.05, 0) is 57.8 Å². The number of hydrogen-bond acceptors (Lipinski definition) is 8. The van der Waals surface area contributed by atoms with Crippen LogP contribution < -0.4 is 5.73 Å². The number of phosphoric acid groups is 1. The molecule has 0 spiro atoms. The van der Waals surface area contributed by atoms with Gasteiger partial charge in [0, 0.05) is 13.0 Å². The fourth-order valence-corrected chi connectivity index (χ4v) is 6.59. The topological polar surface area (TPSA) is 155 Å². The van der Waals surface area contributed by atoms with Crippen molar-refractivity contribution in [1.82, 2.24) is 0 Å². The minimum Gasteiger partial charge on any atom is -0.480 e. The molecule has 0 amide bonds. The second-order valence-electron chi connectivity index (χ2n) is 14.5. The minimum absolute atomic E-state index is 0.0150. The first-order valence-corrected chi connectivity index (χ1v) is 22.9. The van der Waals surface area contributed by atoms with Crippen molar-refractivity contribution in [3.63, 3.8) is 0 Å². The normalized spacial score (nSPS) is 14.2. The van der Waals surface area contributed by atoms with Crippen LogP contribution in [-0.2, 0) is 32.7 Å². The second kappa shape index (κ2) is 38.7. The van der Waals surface area contributed by atoms with Crippen LogP contribution in [0.2, 0.25) is 0 Å². The standard InChI is InChI=1S/C42H80NO9P/c1-3-5-7-9-11-13-15-16-17-18-19-20-21-22-23-25-27-29-31-33-35-49-36-39(37-50-53(47,48)51-38-40(43)42(45)46)52-41(44)34-32-30-28-26-24-14-12-10-8-6-4-2/h10,12,16-17,39-40H,3-9,11,13-15,18-38,43H2,1-2H3,(H,45,46)(H,47,48)/b12-10-,17-16-. The Bertz CT molecular complexity index is 946. The Morgan fingerprint density at radius 3 is 1.49 bits per heavy atom. The summed E-state index contributed by atoms with van der Waals surface area (Å²) in [6, 6.07) is -1.47. The van der Waals surface area contributed by atoms with Crippen LogP contribution in [0.25, 0.3) is 0 Å². The summed E-state index contributed by atoms with van der Waals surface area (Å²) < 4.78 is 33.3. The number of phosphoric ester groups is 1. The van der Waals surface area contributed by atoms with Gasteiger partial charge in [-0.15, -0.1) is 0 Å². The summed E-state index contributed by atoms with van der Waals surface area (Å²) in [5.41, 5.74) is 5.34. The molecular formula is C42H80NO9P. The third kappa shape index (κ3) is 38.5. The number of carbonyl (C=O) groups is 2. The predicted octanol–water partition coefficient (Wildman–Crippen LogP) is 11.5. The monoisotopic (exact) mass is 774 g/mol. The lowest BCUT2D eigenvalue weighted by Crippen LogP contribution is -2.34. The lowest BCUT2D eigenvalue weighted by atomic mass is 10.1. The zero-order valence-electron chi connectivity index (χ0n) is 33.9. The molecule has 0 aliphatic heterocycles. The highest BCUT2D eigenvalue weighted by Gasteiger charge is 2.27. The SMILES string of the molecule is CCCC/C=C\CCCCCCCC(=O)OC(COCCCCCCCCCCCC/C=C\CCCCCCCC)COP(=O)(O)OCC(N)C(=O)O. The number of carboxylic acids is 1.